The molecule has 0 aromatic heterocycles. The first kappa shape index (κ1) is 18.0. The maximum Gasteiger partial charge on any atom is 0.335 e. The largest absolute Gasteiger partial charge is 0.497 e. The Bertz CT molecular complexity index is 823. The second-order valence-electron chi connectivity index (χ2n) is 6.74. The van der Waals surface area contributed by atoms with Gasteiger partial charge in [0.15, 0.2) is 0 Å². The number of aryl methyl sites for hydroxylation is 1. The topological polar surface area (TPSA) is 66.8 Å². The SMILES string of the molecule is COc1cccc(C2CCN(C(=O)c3cc(C)cc(C(=O)O)c3)CC2)c1. The number of carboxylic acid groups (broad SMARTS) is 1. The quantitative estimate of drug-likeness (QED) is 0.910. The van der Waals surface area contributed by atoms with Crippen molar-refractivity contribution in [2.24, 2.45) is 0 Å². The third-order valence-corrected chi connectivity index (χ3v) is 4.92. The number of likely N-dealkylation sites (tertiary alicyclic amines) is 1. The number of nitrogens with zero attached hydrogens (tertiary/aromatic N) is 1. The Morgan fingerprint density at radius 1 is 1.08 bits per heavy atom. The van der Waals surface area contributed by atoms with Crippen LogP contribution in [0.5, 0.6) is 5.75 Å². The zero-order chi connectivity index (χ0) is 18.7. The molecule has 0 bridgehead atoms. The fourth-order valence-corrected chi connectivity index (χ4v) is 3.52. The van der Waals surface area contributed by atoms with Crippen LogP contribution in [-0.2, 0) is 0 Å². The summed E-state index contributed by atoms with van der Waals surface area (Å²) in [5.74, 6) is 0.142. The third kappa shape index (κ3) is 3.87. The molecule has 5 nitrogen and oxygen atoms in total. The number of hydrogen-bond donors (Lipinski definition) is 1. The number of amides is 1. The maximum atomic E-state index is 12.8. The van der Waals surface area contributed by atoms with E-state index in [1.54, 1.807) is 26.2 Å². The highest BCUT2D eigenvalue weighted by Gasteiger charge is 2.25. The lowest BCUT2D eigenvalue weighted by Crippen LogP contribution is -2.38. The summed E-state index contributed by atoms with van der Waals surface area (Å²) in [6.07, 6.45) is 1.77. The molecule has 1 saturated heterocycles. The number of carbonyl (C=O) groups excluding carboxylic acids is 1. The van der Waals surface area contributed by atoms with Gasteiger partial charge < -0.3 is 14.7 Å². The predicted octanol–water partition coefficient (Wildman–Crippen LogP) is 3.72. The van der Waals surface area contributed by atoms with E-state index in [4.69, 9.17) is 4.74 Å². The zero-order valence-electron chi connectivity index (χ0n) is 15.1. The first-order valence-corrected chi connectivity index (χ1v) is 8.76. The van der Waals surface area contributed by atoms with Crippen molar-refractivity contribution < 1.29 is 19.4 Å². The van der Waals surface area contributed by atoms with Gasteiger partial charge in [-0.2, -0.15) is 0 Å². The van der Waals surface area contributed by atoms with Crippen LogP contribution in [0.1, 0.15) is 50.6 Å². The van der Waals surface area contributed by atoms with Crippen LogP contribution in [0.2, 0.25) is 0 Å². The number of ether oxygens (including phenoxy) is 1. The number of aromatic carboxylic acids is 1. The normalized spacial score (nSPS) is 14.9. The van der Waals surface area contributed by atoms with Crippen molar-refractivity contribution >= 4 is 11.9 Å². The van der Waals surface area contributed by atoms with Crippen LogP contribution in [0, 0.1) is 6.92 Å². The minimum absolute atomic E-state index is 0.0970. The zero-order valence-corrected chi connectivity index (χ0v) is 15.1. The summed E-state index contributed by atoms with van der Waals surface area (Å²) in [5.41, 5.74) is 2.61. The van der Waals surface area contributed by atoms with E-state index in [9.17, 15) is 14.7 Å². The standard InChI is InChI=1S/C21H23NO4/c1-14-10-17(12-18(11-14)21(24)25)20(23)22-8-6-15(7-9-22)16-4-3-5-19(13-16)26-2/h3-5,10-13,15H,6-9H2,1-2H3,(H,24,25). The van der Waals surface area contributed by atoms with Crippen LogP contribution >= 0.6 is 0 Å². The minimum atomic E-state index is -1.01. The smallest absolute Gasteiger partial charge is 0.335 e. The highest BCUT2D eigenvalue weighted by Crippen LogP contribution is 2.30. The monoisotopic (exact) mass is 353 g/mol. The number of carbonyl (C=O) groups is 2. The third-order valence-electron chi connectivity index (χ3n) is 4.92. The predicted molar refractivity (Wildman–Crippen MR) is 99.0 cm³/mol. The Balaban J connectivity index is 1.69. The number of piperidine rings is 1. The Morgan fingerprint density at radius 3 is 2.42 bits per heavy atom. The van der Waals surface area contributed by atoms with Gasteiger partial charge in [0.1, 0.15) is 5.75 Å². The second-order valence-corrected chi connectivity index (χ2v) is 6.74. The molecule has 1 fully saturated rings. The molecule has 1 heterocycles. The highest BCUT2D eigenvalue weighted by molar-refractivity contribution is 5.97. The molecule has 2 aromatic carbocycles. The van der Waals surface area contributed by atoms with E-state index < -0.39 is 5.97 Å². The maximum absolute atomic E-state index is 12.8. The molecule has 0 unspecified atom stereocenters. The van der Waals surface area contributed by atoms with Crippen molar-refractivity contribution in [3.8, 4) is 5.75 Å². The number of hydrogen-bond acceptors (Lipinski definition) is 3. The van der Waals surface area contributed by atoms with E-state index in [0.717, 1.165) is 24.2 Å². The first-order chi connectivity index (χ1) is 12.5. The molecule has 2 aromatic rings. The number of rotatable bonds is 4. The van der Waals surface area contributed by atoms with Gasteiger partial charge in [-0.15, -0.1) is 0 Å². The molecule has 0 aliphatic carbocycles. The molecule has 5 heteroatoms. The Morgan fingerprint density at radius 2 is 1.77 bits per heavy atom. The van der Waals surface area contributed by atoms with Gasteiger partial charge >= 0.3 is 5.97 Å². The van der Waals surface area contributed by atoms with Gasteiger partial charge in [-0.3, -0.25) is 4.79 Å². The lowest BCUT2D eigenvalue weighted by molar-refractivity contribution is 0.0696. The van der Waals surface area contributed by atoms with Crippen molar-refractivity contribution in [3.63, 3.8) is 0 Å². The first-order valence-electron chi connectivity index (χ1n) is 8.76. The fourth-order valence-electron chi connectivity index (χ4n) is 3.52. The van der Waals surface area contributed by atoms with Gasteiger partial charge in [-0.05, 0) is 67.1 Å². The van der Waals surface area contributed by atoms with Crippen molar-refractivity contribution in [1.82, 2.24) is 4.90 Å². The van der Waals surface area contributed by atoms with Gasteiger partial charge in [-0.25, -0.2) is 4.79 Å². The van der Waals surface area contributed by atoms with Crippen LogP contribution in [0.25, 0.3) is 0 Å². The van der Waals surface area contributed by atoms with E-state index in [2.05, 4.69) is 12.1 Å². The molecule has 1 aliphatic heterocycles. The van der Waals surface area contributed by atoms with Gasteiger partial charge in [-0.1, -0.05) is 12.1 Å². The van der Waals surface area contributed by atoms with Gasteiger partial charge in [0.25, 0.3) is 5.91 Å². The minimum Gasteiger partial charge on any atom is -0.497 e. The Labute approximate surface area is 153 Å². The van der Waals surface area contributed by atoms with Crippen molar-refractivity contribution in [1.29, 1.82) is 0 Å². The van der Waals surface area contributed by atoms with E-state index in [-0.39, 0.29) is 11.5 Å². The summed E-state index contributed by atoms with van der Waals surface area (Å²) in [4.78, 5) is 25.8. The average molecular weight is 353 g/mol. The molecule has 1 aliphatic rings. The van der Waals surface area contributed by atoms with Crippen LogP contribution < -0.4 is 4.74 Å². The number of methoxy groups -OCH3 is 1. The van der Waals surface area contributed by atoms with E-state index in [1.807, 2.05) is 17.0 Å². The molecule has 0 radical (unpaired) electrons. The van der Waals surface area contributed by atoms with Crippen LogP contribution in [0.3, 0.4) is 0 Å². The van der Waals surface area contributed by atoms with Gasteiger partial charge in [0, 0.05) is 18.7 Å². The number of carboxylic acids is 1. The molecule has 0 atom stereocenters. The lowest BCUT2D eigenvalue weighted by atomic mass is 9.89. The summed E-state index contributed by atoms with van der Waals surface area (Å²) in [7, 11) is 1.66. The molecule has 0 spiro atoms. The second kappa shape index (κ2) is 7.60. The van der Waals surface area contributed by atoms with E-state index in [1.165, 1.54) is 11.6 Å². The molecule has 0 saturated carbocycles. The van der Waals surface area contributed by atoms with Crippen molar-refractivity contribution in [2.75, 3.05) is 20.2 Å². The van der Waals surface area contributed by atoms with Crippen molar-refractivity contribution in [3.05, 3.63) is 64.7 Å². The molecule has 3 rings (SSSR count). The molecule has 26 heavy (non-hydrogen) atoms. The summed E-state index contributed by atoms with van der Waals surface area (Å²) >= 11 is 0. The number of benzene rings is 2. The molecule has 1 amide bonds. The highest BCUT2D eigenvalue weighted by atomic mass is 16.5. The molecular formula is C21H23NO4. The Kier molecular flexibility index (Phi) is 5.26. The van der Waals surface area contributed by atoms with Crippen molar-refractivity contribution in [2.45, 2.75) is 25.7 Å². The van der Waals surface area contributed by atoms with Crippen LogP contribution in [-0.4, -0.2) is 42.1 Å². The van der Waals surface area contributed by atoms with Gasteiger partial charge in [0.05, 0.1) is 12.7 Å². The Hall–Kier alpha value is -2.82. The van der Waals surface area contributed by atoms with E-state index in [0.29, 0.717) is 24.6 Å². The summed E-state index contributed by atoms with van der Waals surface area (Å²) in [5, 5.41) is 9.19. The molecule has 136 valence electrons. The fraction of sp³-hybridized carbons (Fsp3) is 0.333. The van der Waals surface area contributed by atoms with E-state index >= 15 is 0 Å². The lowest BCUT2D eigenvalue weighted by Gasteiger charge is -2.32. The molecule has 1 N–H and O–H groups in total. The summed E-state index contributed by atoms with van der Waals surface area (Å²) < 4.78 is 5.29. The average Bonchev–Trinajstić information content (AvgIpc) is 2.67. The van der Waals surface area contributed by atoms with Crippen LogP contribution in [0.15, 0.2) is 42.5 Å². The summed E-state index contributed by atoms with van der Waals surface area (Å²) in [6, 6.07) is 12.9. The van der Waals surface area contributed by atoms with Crippen LogP contribution in [0.4, 0.5) is 0 Å². The van der Waals surface area contributed by atoms with Gasteiger partial charge in [0.2, 0.25) is 0 Å². The summed E-state index contributed by atoms with van der Waals surface area (Å²) in [6.45, 7) is 3.13. The molecular weight excluding hydrogens is 330 g/mol.